The van der Waals surface area contributed by atoms with Gasteiger partial charge >= 0.3 is 0 Å². The zero-order chi connectivity index (χ0) is 42.8. The van der Waals surface area contributed by atoms with Gasteiger partial charge in [0.1, 0.15) is 11.6 Å². The van der Waals surface area contributed by atoms with E-state index in [0.29, 0.717) is 34.3 Å². The summed E-state index contributed by atoms with van der Waals surface area (Å²) in [5, 5.41) is 16.0. The summed E-state index contributed by atoms with van der Waals surface area (Å²) in [6.45, 7) is 9.01. The van der Waals surface area contributed by atoms with Crippen LogP contribution in [0.15, 0.2) is 61.2 Å². The van der Waals surface area contributed by atoms with Gasteiger partial charge in [0.05, 0.1) is 40.3 Å². The molecular formula is C46H52N12O5. The van der Waals surface area contributed by atoms with Crippen LogP contribution in [0.4, 0.5) is 17.1 Å². The summed E-state index contributed by atoms with van der Waals surface area (Å²) < 4.78 is 3.77. The molecule has 1 atom stereocenters. The third-order valence-corrected chi connectivity index (χ3v) is 14.5. The van der Waals surface area contributed by atoms with Crippen molar-refractivity contribution >= 4 is 63.1 Å². The fraction of sp³-hybridized carbons (Fsp3) is 0.478. The molecule has 0 bridgehead atoms. The normalized spacial score (nSPS) is 22.3. The molecule has 0 aliphatic carbocycles. The molecule has 5 amide bonds. The first-order valence-electron chi connectivity index (χ1n) is 22.7. The topological polar surface area (TPSA) is 174 Å². The van der Waals surface area contributed by atoms with Crippen LogP contribution in [0.1, 0.15) is 94.9 Å². The summed E-state index contributed by atoms with van der Waals surface area (Å²) in [4.78, 5) is 79.9. The van der Waals surface area contributed by atoms with Crippen LogP contribution in [0.5, 0.6) is 0 Å². The molecule has 3 aromatic heterocycles. The van der Waals surface area contributed by atoms with Crippen LogP contribution in [0.2, 0.25) is 0 Å². The number of rotatable bonds is 9. The van der Waals surface area contributed by atoms with Gasteiger partial charge in [-0.2, -0.15) is 10.2 Å². The van der Waals surface area contributed by atoms with Crippen LogP contribution in [0.25, 0.3) is 16.6 Å². The third-order valence-electron chi connectivity index (χ3n) is 14.5. The van der Waals surface area contributed by atoms with E-state index in [-0.39, 0.29) is 30.7 Å². The molecular weight excluding hydrogens is 801 g/mol. The van der Waals surface area contributed by atoms with Gasteiger partial charge in [-0.3, -0.25) is 38.9 Å². The number of piperidine rings is 4. The molecule has 0 saturated carbocycles. The number of hydrogen-bond acceptors (Lipinski definition) is 12. The predicted molar refractivity (Wildman–Crippen MR) is 235 cm³/mol. The molecule has 11 rings (SSSR count). The monoisotopic (exact) mass is 852 g/mol. The largest absolute Gasteiger partial charge is 0.371 e. The van der Waals surface area contributed by atoms with Crippen molar-refractivity contribution in [3.63, 3.8) is 0 Å². The number of fused-ring (bicyclic) bond motifs is 3. The highest BCUT2D eigenvalue weighted by molar-refractivity contribution is 6.23. The van der Waals surface area contributed by atoms with Crippen LogP contribution in [-0.4, -0.2) is 140 Å². The second-order valence-electron chi connectivity index (χ2n) is 18.2. The molecule has 17 nitrogen and oxygen atoms in total. The maximum Gasteiger partial charge on any atom is 0.262 e. The van der Waals surface area contributed by atoms with Gasteiger partial charge in [-0.1, -0.05) is 0 Å². The standard InChI is InChI=1S/C46H52N12O5/c59-41-6-5-39(44(61)50-41)58-45(62)34-4-3-33(24-35(34)46(58)63)54-19-7-29(8-20-54)27-52-17-9-32(10-18-52)57-28-30-23-38(49-43(60)36-26-48-56-16-1-13-47-42(36)56)40(25-37(30)51-57)55-21-11-31(12-22-55)53-14-2-15-53/h1,3-4,13,16,23-26,28-29,31-32,39H,2,5-12,14-15,17-22,27H2,(H,49,60)(H,50,59,61). The van der Waals surface area contributed by atoms with Gasteiger partial charge in [-0.25, -0.2) is 9.50 Å². The number of imide groups is 2. The molecule has 326 valence electrons. The summed E-state index contributed by atoms with van der Waals surface area (Å²) in [6.07, 6.45) is 15.0. The second kappa shape index (κ2) is 16.2. The van der Waals surface area contributed by atoms with Crippen molar-refractivity contribution < 1.29 is 24.0 Å². The number of benzene rings is 2. The molecule has 6 aliphatic rings. The van der Waals surface area contributed by atoms with Crippen molar-refractivity contribution in [2.45, 2.75) is 75.9 Å². The van der Waals surface area contributed by atoms with Crippen molar-refractivity contribution in [2.75, 3.05) is 74.0 Å². The smallest absolute Gasteiger partial charge is 0.262 e. The first-order valence-corrected chi connectivity index (χ1v) is 22.7. The van der Waals surface area contributed by atoms with Gasteiger partial charge in [0, 0.05) is 87.9 Å². The number of anilines is 3. The Hall–Kier alpha value is -6.20. The molecule has 0 radical (unpaired) electrons. The van der Waals surface area contributed by atoms with Gasteiger partial charge in [0.15, 0.2) is 5.65 Å². The van der Waals surface area contributed by atoms with E-state index in [9.17, 15) is 24.0 Å². The minimum absolute atomic E-state index is 0.0958. The molecule has 9 heterocycles. The van der Waals surface area contributed by atoms with Crippen molar-refractivity contribution in [1.82, 2.24) is 44.4 Å². The summed E-state index contributed by atoms with van der Waals surface area (Å²) in [7, 11) is 0. The highest BCUT2D eigenvalue weighted by atomic mass is 16.2. The number of aromatic nitrogens is 5. The third kappa shape index (κ3) is 7.39. The Morgan fingerprint density at radius 3 is 2.33 bits per heavy atom. The van der Waals surface area contributed by atoms with E-state index in [0.717, 1.165) is 117 Å². The Morgan fingerprint density at radius 2 is 1.57 bits per heavy atom. The lowest BCUT2D eigenvalue weighted by Crippen LogP contribution is -2.54. The lowest BCUT2D eigenvalue weighted by atomic mass is 9.94. The zero-order valence-corrected chi connectivity index (χ0v) is 35.3. The molecule has 5 saturated heterocycles. The fourth-order valence-electron chi connectivity index (χ4n) is 10.7. The summed E-state index contributed by atoms with van der Waals surface area (Å²) in [5.74, 6) is -1.62. The zero-order valence-electron chi connectivity index (χ0n) is 35.3. The molecule has 2 N–H and O–H groups in total. The van der Waals surface area contributed by atoms with E-state index in [2.05, 4.69) is 63.3 Å². The van der Waals surface area contributed by atoms with E-state index >= 15 is 0 Å². The maximum atomic E-state index is 13.8. The van der Waals surface area contributed by atoms with Crippen LogP contribution < -0.4 is 20.4 Å². The quantitative estimate of drug-likeness (QED) is 0.205. The van der Waals surface area contributed by atoms with E-state index in [1.165, 1.54) is 19.5 Å². The van der Waals surface area contributed by atoms with Crippen LogP contribution in [0, 0.1) is 5.92 Å². The number of nitrogens with one attached hydrogen (secondary N) is 2. The maximum absolute atomic E-state index is 13.8. The number of likely N-dealkylation sites (tertiary alicyclic amines) is 2. The minimum atomic E-state index is -0.970. The number of amides is 5. The van der Waals surface area contributed by atoms with Crippen LogP contribution in [0.3, 0.4) is 0 Å². The Morgan fingerprint density at radius 1 is 0.810 bits per heavy atom. The lowest BCUT2D eigenvalue weighted by molar-refractivity contribution is -0.136. The number of nitrogens with zero attached hydrogens (tertiary/aromatic N) is 10. The van der Waals surface area contributed by atoms with E-state index < -0.39 is 23.8 Å². The van der Waals surface area contributed by atoms with Gasteiger partial charge < -0.3 is 24.9 Å². The Labute approximate surface area is 364 Å². The average molecular weight is 853 g/mol. The molecule has 63 heavy (non-hydrogen) atoms. The first kappa shape index (κ1) is 39.6. The second-order valence-corrected chi connectivity index (χ2v) is 18.2. The van der Waals surface area contributed by atoms with Gasteiger partial charge in [0.2, 0.25) is 11.8 Å². The summed E-state index contributed by atoms with van der Waals surface area (Å²) in [5.41, 5.74) is 5.21. The lowest BCUT2D eigenvalue weighted by Gasteiger charge is -2.43. The SMILES string of the molecule is O=C1CCC(N2C(=O)c3ccc(N4CCC(CN5CCC(n6cc7cc(NC(=O)c8cnn9cccnc89)c(N8CCC(N9CCC9)CC8)cc7n6)CC5)CC4)cc3C2=O)C(=O)N1. The molecule has 17 heteroatoms. The van der Waals surface area contributed by atoms with Gasteiger partial charge in [-0.15, -0.1) is 0 Å². The highest BCUT2D eigenvalue weighted by Gasteiger charge is 2.45. The molecule has 1 unspecified atom stereocenters. The number of hydrogen-bond donors (Lipinski definition) is 2. The van der Waals surface area contributed by atoms with E-state index in [1.807, 2.05) is 6.07 Å². The number of carbonyl (C=O) groups is 5. The van der Waals surface area contributed by atoms with E-state index in [4.69, 9.17) is 5.10 Å². The fourth-order valence-corrected chi connectivity index (χ4v) is 10.7. The summed E-state index contributed by atoms with van der Waals surface area (Å²) in [6, 6.07) is 11.4. The van der Waals surface area contributed by atoms with Crippen LogP contribution >= 0.6 is 0 Å². The highest BCUT2D eigenvalue weighted by Crippen LogP contribution is 2.37. The Balaban J connectivity index is 0.721. The predicted octanol–water partition coefficient (Wildman–Crippen LogP) is 3.96. The van der Waals surface area contributed by atoms with Gasteiger partial charge in [0.25, 0.3) is 17.7 Å². The minimum Gasteiger partial charge on any atom is -0.371 e. The van der Waals surface area contributed by atoms with Crippen molar-refractivity contribution in [1.29, 1.82) is 0 Å². The Bertz CT molecular complexity index is 2630. The van der Waals surface area contributed by atoms with Crippen molar-refractivity contribution in [3.05, 3.63) is 77.9 Å². The van der Waals surface area contributed by atoms with E-state index in [1.54, 1.807) is 41.3 Å². The molecule has 5 aromatic rings. The molecule has 0 spiro atoms. The van der Waals surface area contributed by atoms with Crippen molar-refractivity contribution in [3.8, 4) is 0 Å². The van der Waals surface area contributed by atoms with Crippen LogP contribution in [-0.2, 0) is 9.59 Å². The van der Waals surface area contributed by atoms with Crippen molar-refractivity contribution in [2.24, 2.45) is 5.92 Å². The molecule has 6 aliphatic heterocycles. The Kier molecular flexibility index (Phi) is 10.2. The van der Waals surface area contributed by atoms with Gasteiger partial charge in [-0.05, 0) is 107 Å². The number of carbonyl (C=O) groups excluding carboxylic acids is 5. The molecule has 5 fully saturated rings. The molecule has 2 aromatic carbocycles. The first-order chi connectivity index (χ1) is 30.7. The average Bonchev–Trinajstić information content (AvgIpc) is 3.97. The summed E-state index contributed by atoms with van der Waals surface area (Å²) >= 11 is 0.